The van der Waals surface area contributed by atoms with Crippen LogP contribution in [0.25, 0.3) is 5.76 Å². The highest BCUT2D eigenvalue weighted by molar-refractivity contribution is 6.46. The summed E-state index contributed by atoms with van der Waals surface area (Å²) in [4.78, 5) is 28.3. The summed E-state index contributed by atoms with van der Waals surface area (Å²) in [5, 5.41) is 11.4. The molecule has 1 heterocycles. The van der Waals surface area contributed by atoms with Crippen LogP contribution in [0, 0.1) is 0 Å². The van der Waals surface area contributed by atoms with Crippen molar-refractivity contribution in [1.29, 1.82) is 0 Å². The highest BCUT2D eigenvalue weighted by atomic mass is 16.5. The van der Waals surface area contributed by atoms with Crippen LogP contribution in [0.3, 0.4) is 0 Å². The highest BCUT2D eigenvalue weighted by Gasteiger charge is 2.46. The maximum absolute atomic E-state index is 13.4. The second-order valence-electron chi connectivity index (χ2n) is 8.86. The van der Waals surface area contributed by atoms with Crippen molar-refractivity contribution in [2.45, 2.75) is 19.5 Å². The number of ketones is 1. The minimum atomic E-state index is -0.815. The van der Waals surface area contributed by atoms with Gasteiger partial charge in [0.25, 0.3) is 11.7 Å². The monoisotopic (exact) mass is 505 g/mol. The van der Waals surface area contributed by atoms with Crippen LogP contribution in [0.4, 0.5) is 0 Å². The lowest BCUT2D eigenvalue weighted by Crippen LogP contribution is -2.29. The predicted octanol–water partition coefficient (Wildman–Crippen LogP) is 6.50. The molecule has 6 heteroatoms. The van der Waals surface area contributed by atoms with E-state index in [1.165, 1.54) is 4.90 Å². The second-order valence-corrected chi connectivity index (χ2v) is 8.86. The zero-order valence-electron chi connectivity index (χ0n) is 20.9. The molecule has 0 spiro atoms. The minimum absolute atomic E-state index is 0.0245. The lowest BCUT2D eigenvalue weighted by atomic mass is 9.95. The molecule has 6 nitrogen and oxygen atoms in total. The van der Waals surface area contributed by atoms with Crippen molar-refractivity contribution >= 4 is 17.4 Å². The molecule has 4 aromatic carbocycles. The molecule has 1 unspecified atom stereocenters. The molecule has 0 aromatic heterocycles. The summed E-state index contributed by atoms with van der Waals surface area (Å²) in [5.74, 6) is 0.119. The molecular weight excluding hydrogens is 478 g/mol. The lowest BCUT2D eigenvalue weighted by molar-refractivity contribution is -0.140. The Labute approximate surface area is 221 Å². The third-order valence-corrected chi connectivity index (χ3v) is 6.31. The van der Waals surface area contributed by atoms with Gasteiger partial charge in [0.2, 0.25) is 0 Å². The molecule has 1 aliphatic rings. The number of aliphatic hydroxyl groups is 1. The van der Waals surface area contributed by atoms with Gasteiger partial charge in [0.15, 0.2) is 0 Å². The molecule has 1 saturated heterocycles. The Morgan fingerprint density at radius 1 is 0.789 bits per heavy atom. The van der Waals surface area contributed by atoms with E-state index in [1.807, 2.05) is 85.8 Å². The fraction of sp³-hybridized carbons (Fsp3) is 0.125. The largest absolute Gasteiger partial charge is 0.507 e. The zero-order valence-corrected chi connectivity index (χ0v) is 20.9. The topological polar surface area (TPSA) is 76.1 Å². The molecule has 4 aromatic rings. The number of carbonyl (C=O) groups excluding carboxylic acids is 2. The third kappa shape index (κ3) is 5.15. The Hall–Kier alpha value is -4.84. The van der Waals surface area contributed by atoms with Gasteiger partial charge in [0.05, 0.1) is 18.2 Å². The van der Waals surface area contributed by atoms with Gasteiger partial charge in [-0.05, 0) is 54.4 Å². The van der Waals surface area contributed by atoms with Crippen LogP contribution in [-0.4, -0.2) is 28.3 Å². The molecular formula is C32H27NO5. The molecule has 1 fully saturated rings. The van der Waals surface area contributed by atoms with Gasteiger partial charge in [0, 0.05) is 12.1 Å². The van der Waals surface area contributed by atoms with Gasteiger partial charge in [-0.25, -0.2) is 0 Å². The number of para-hydroxylation sites is 1. The van der Waals surface area contributed by atoms with E-state index >= 15 is 0 Å². The summed E-state index contributed by atoms with van der Waals surface area (Å²) in [6.07, 6.45) is 0. The molecule has 5 rings (SSSR count). The standard InChI is InChI=1S/C32H27NO5/c1-2-37-26-17-10-14-24(20-26)30(34)28-29(33(32(36)31(28)35)21-22-11-5-3-6-12-22)23-13-9-18-27(19-23)38-25-15-7-4-8-16-25/h3-20,29,34H,2,21H2,1H3. The van der Waals surface area contributed by atoms with Crippen molar-refractivity contribution in [2.24, 2.45) is 0 Å². The average Bonchev–Trinajstić information content (AvgIpc) is 3.19. The molecule has 190 valence electrons. The fourth-order valence-electron chi connectivity index (χ4n) is 4.60. The molecule has 1 aliphatic heterocycles. The summed E-state index contributed by atoms with van der Waals surface area (Å²) in [5.41, 5.74) is 1.94. The van der Waals surface area contributed by atoms with Gasteiger partial charge in [-0.2, -0.15) is 0 Å². The SMILES string of the molecule is CCOc1cccc(C(O)=C2C(=O)C(=O)N(Cc3ccccc3)C2c2cccc(Oc3ccccc3)c2)c1. The van der Waals surface area contributed by atoms with Crippen LogP contribution in [0.15, 0.2) is 115 Å². The van der Waals surface area contributed by atoms with Gasteiger partial charge in [-0.1, -0.05) is 72.8 Å². The smallest absolute Gasteiger partial charge is 0.295 e. The Kier molecular flexibility index (Phi) is 7.22. The van der Waals surface area contributed by atoms with E-state index in [0.717, 1.165) is 5.56 Å². The van der Waals surface area contributed by atoms with E-state index in [9.17, 15) is 14.7 Å². The van der Waals surface area contributed by atoms with Gasteiger partial charge >= 0.3 is 0 Å². The number of amides is 1. The first kappa shape index (κ1) is 24.8. The maximum Gasteiger partial charge on any atom is 0.295 e. The van der Waals surface area contributed by atoms with Crippen LogP contribution in [0.1, 0.15) is 29.7 Å². The first-order chi connectivity index (χ1) is 18.5. The number of hydrogen-bond donors (Lipinski definition) is 1. The normalized spacial score (nSPS) is 16.4. The molecule has 1 atom stereocenters. The van der Waals surface area contributed by atoms with E-state index in [1.54, 1.807) is 30.3 Å². The van der Waals surface area contributed by atoms with Gasteiger partial charge in [0.1, 0.15) is 23.0 Å². The minimum Gasteiger partial charge on any atom is -0.507 e. The second kappa shape index (κ2) is 11.0. The van der Waals surface area contributed by atoms with Crippen LogP contribution < -0.4 is 9.47 Å². The lowest BCUT2D eigenvalue weighted by Gasteiger charge is -2.26. The Bertz CT molecular complexity index is 1480. The number of nitrogens with zero attached hydrogens (tertiary/aromatic N) is 1. The van der Waals surface area contributed by atoms with Crippen molar-refractivity contribution in [1.82, 2.24) is 4.90 Å². The first-order valence-electron chi connectivity index (χ1n) is 12.4. The van der Waals surface area contributed by atoms with Crippen molar-refractivity contribution < 1.29 is 24.2 Å². The number of ether oxygens (including phenoxy) is 2. The first-order valence-corrected chi connectivity index (χ1v) is 12.4. The number of Topliss-reactive ketones (excluding diaryl/α,β-unsaturated/α-hetero) is 1. The maximum atomic E-state index is 13.4. The number of rotatable bonds is 8. The quantitative estimate of drug-likeness (QED) is 0.168. The van der Waals surface area contributed by atoms with Crippen LogP contribution in [0.2, 0.25) is 0 Å². The molecule has 0 aliphatic carbocycles. The summed E-state index contributed by atoms with van der Waals surface area (Å²) in [6, 6.07) is 32.1. The van der Waals surface area contributed by atoms with Crippen LogP contribution >= 0.6 is 0 Å². The fourth-order valence-corrected chi connectivity index (χ4v) is 4.60. The van der Waals surface area contributed by atoms with E-state index in [0.29, 0.717) is 35.0 Å². The van der Waals surface area contributed by atoms with Crippen LogP contribution in [0.5, 0.6) is 17.2 Å². The van der Waals surface area contributed by atoms with Crippen molar-refractivity contribution in [3.8, 4) is 17.2 Å². The summed E-state index contributed by atoms with van der Waals surface area (Å²) < 4.78 is 11.6. The van der Waals surface area contributed by atoms with E-state index in [-0.39, 0.29) is 17.9 Å². The van der Waals surface area contributed by atoms with Gasteiger partial charge in [-0.3, -0.25) is 9.59 Å². The summed E-state index contributed by atoms with van der Waals surface area (Å²) in [7, 11) is 0. The molecule has 1 amide bonds. The number of aliphatic hydroxyl groups excluding tert-OH is 1. The molecule has 1 N–H and O–H groups in total. The zero-order chi connectivity index (χ0) is 26.5. The molecule has 0 saturated carbocycles. The van der Waals surface area contributed by atoms with Gasteiger partial charge < -0.3 is 19.5 Å². The van der Waals surface area contributed by atoms with E-state index in [4.69, 9.17) is 9.47 Å². The molecule has 0 bridgehead atoms. The average molecular weight is 506 g/mol. The van der Waals surface area contributed by atoms with E-state index < -0.39 is 17.7 Å². The van der Waals surface area contributed by atoms with Crippen LogP contribution in [-0.2, 0) is 16.1 Å². The highest BCUT2D eigenvalue weighted by Crippen LogP contribution is 2.41. The number of likely N-dealkylation sites (tertiary alicyclic amines) is 1. The Morgan fingerprint density at radius 3 is 2.18 bits per heavy atom. The summed E-state index contributed by atoms with van der Waals surface area (Å²) in [6.45, 7) is 2.53. The van der Waals surface area contributed by atoms with Gasteiger partial charge in [-0.15, -0.1) is 0 Å². The summed E-state index contributed by atoms with van der Waals surface area (Å²) >= 11 is 0. The van der Waals surface area contributed by atoms with Crippen molar-refractivity contribution in [3.05, 3.63) is 131 Å². The van der Waals surface area contributed by atoms with Crippen molar-refractivity contribution in [3.63, 3.8) is 0 Å². The Balaban J connectivity index is 1.61. The number of hydrogen-bond acceptors (Lipinski definition) is 5. The third-order valence-electron chi connectivity index (χ3n) is 6.31. The molecule has 38 heavy (non-hydrogen) atoms. The predicted molar refractivity (Wildman–Crippen MR) is 145 cm³/mol. The number of benzene rings is 4. The molecule has 0 radical (unpaired) electrons. The number of carbonyl (C=O) groups is 2. The van der Waals surface area contributed by atoms with E-state index in [2.05, 4.69) is 0 Å². The van der Waals surface area contributed by atoms with Crippen molar-refractivity contribution in [2.75, 3.05) is 6.61 Å². The Morgan fingerprint density at radius 2 is 1.45 bits per heavy atom.